The number of carbonyl (C=O) groups excluding carboxylic acids is 1. The molecule has 1 aliphatic rings. The number of amides is 1. The second-order valence-corrected chi connectivity index (χ2v) is 8.83. The van der Waals surface area contributed by atoms with Crippen molar-refractivity contribution in [3.63, 3.8) is 0 Å². The predicted molar refractivity (Wildman–Crippen MR) is 133 cm³/mol. The van der Waals surface area contributed by atoms with Crippen molar-refractivity contribution in [2.75, 3.05) is 18.0 Å². The number of aliphatic imine (C=N–C) groups is 1. The first-order valence-corrected chi connectivity index (χ1v) is 11.7. The molecule has 0 spiro atoms. The summed E-state index contributed by atoms with van der Waals surface area (Å²) >= 11 is 4.74. The molecule has 1 aliphatic heterocycles. The molecule has 0 unspecified atom stereocenters. The number of hydrogen-bond acceptors (Lipinski definition) is 5. The smallest absolute Gasteiger partial charge is 0.264 e. The zero-order valence-electron chi connectivity index (χ0n) is 17.3. The summed E-state index contributed by atoms with van der Waals surface area (Å²) in [4.78, 5) is 19.8. The molecular weight excluding hydrogens is 474 g/mol. The van der Waals surface area contributed by atoms with E-state index >= 15 is 0 Å². The van der Waals surface area contributed by atoms with Gasteiger partial charge in [0.05, 0.1) is 10.6 Å². The molecule has 4 rings (SSSR count). The summed E-state index contributed by atoms with van der Waals surface area (Å²) in [5.41, 5.74) is 2.94. The normalized spacial score (nSPS) is 16.2. The van der Waals surface area contributed by atoms with Crippen molar-refractivity contribution in [3.05, 3.63) is 75.8 Å². The molecule has 0 atom stereocenters. The fourth-order valence-electron chi connectivity index (χ4n) is 3.25. The van der Waals surface area contributed by atoms with E-state index in [9.17, 15) is 4.79 Å². The zero-order valence-corrected chi connectivity index (χ0v) is 19.7. The summed E-state index contributed by atoms with van der Waals surface area (Å²) in [7, 11) is 0. The second-order valence-electron chi connectivity index (χ2n) is 6.88. The third kappa shape index (κ3) is 5.11. The van der Waals surface area contributed by atoms with Crippen LogP contribution in [0.1, 0.15) is 19.6 Å². The molecule has 0 aliphatic carbocycles. The number of carbonyl (C=O) groups is 1. The number of rotatable bonds is 6. The minimum Gasteiger partial charge on any atom is -0.457 e. The maximum absolute atomic E-state index is 12.4. The maximum atomic E-state index is 12.4. The van der Waals surface area contributed by atoms with E-state index in [0.29, 0.717) is 15.8 Å². The summed E-state index contributed by atoms with van der Waals surface area (Å²) in [5, 5.41) is 3.39. The number of hydrogen-bond donors (Lipinski definition) is 1. The first kappa shape index (κ1) is 21.5. The highest BCUT2D eigenvalue weighted by Crippen LogP contribution is 2.31. The van der Waals surface area contributed by atoms with E-state index in [1.54, 1.807) is 6.08 Å². The van der Waals surface area contributed by atoms with Gasteiger partial charge in [-0.1, -0.05) is 28.1 Å². The molecule has 1 N–H and O–H groups in total. The van der Waals surface area contributed by atoms with Crippen molar-refractivity contribution in [2.45, 2.75) is 13.8 Å². The lowest BCUT2D eigenvalue weighted by atomic mass is 10.2. The molecular formula is C24H22BrN3O2S. The minimum absolute atomic E-state index is 0.176. The van der Waals surface area contributed by atoms with Gasteiger partial charge in [-0.15, -0.1) is 0 Å². The first-order valence-electron chi connectivity index (χ1n) is 10.1. The number of anilines is 1. The van der Waals surface area contributed by atoms with Crippen molar-refractivity contribution in [3.8, 4) is 11.3 Å². The van der Waals surface area contributed by atoms with Crippen molar-refractivity contribution < 1.29 is 9.21 Å². The van der Waals surface area contributed by atoms with E-state index < -0.39 is 0 Å². The molecule has 1 aromatic heterocycles. The number of furan rings is 1. The lowest BCUT2D eigenvalue weighted by Crippen LogP contribution is -2.21. The van der Waals surface area contributed by atoms with Gasteiger partial charge >= 0.3 is 0 Å². The van der Waals surface area contributed by atoms with Crippen molar-refractivity contribution in [1.82, 2.24) is 5.32 Å². The number of benzene rings is 2. The molecule has 3 aromatic rings. The van der Waals surface area contributed by atoms with Crippen LogP contribution in [0, 0.1) is 0 Å². The quantitative estimate of drug-likeness (QED) is 0.399. The van der Waals surface area contributed by atoms with Crippen LogP contribution in [0.4, 0.5) is 11.4 Å². The number of amidine groups is 1. The van der Waals surface area contributed by atoms with Crippen molar-refractivity contribution in [2.24, 2.45) is 4.99 Å². The predicted octanol–water partition coefficient (Wildman–Crippen LogP) is 6.45. The molecule has 31 heavy (non-hydrogen) atoms. The Labute approximate surface area is 194 Å². The van der Waals surface area contributed by atoms with Gasteiger partial charge in [0.1, 0.15) is 11.5 Å². The molecule has 0 bridgehead atoms. The molecule has 1 amide bonds. The third-order valence-corrected chi connectivity index (χ3v) is 6.33. The van der Waals surface area contributed by atoms with E-state index in [1.165, 1.54) is 11.8 Å². The molecule has 2 aromatic carbocycles. The molecule has 5 nitrogen and oxygen atoms in total. The van der Waals surface area contributed by atoms with Gasteiger partial charge in [-0.25, -0.2) is 4.99 Å². The van der Waals surface area contributed by atoms with Gasteiger partial charge in [-0.2, -0.15) is 0 Å². The van der Waals surface area contributed by atoms with Crippen LogP contribution in [-0.4, -0.2) is 24.2 Å². The largest absolute Gasteiger partial charge is 0.457 e. The van der Waals surface area contributed by atoms with Gasteiger partial charge in [0.25, 0.3) is 5.91 Å². The van der Waals surface area contributed by atoms with Gasteiger partial charge in [0.2, 0.25) is 0 Å². The highest BCUT2D eigenvalue weighted by Gasteiger charge is 2.24. The third-order valence-electron chi connectivity index (χ3n) is 4.89. The topological polar surface area (TPSA) is 57.8 Å². The Bertz CT molecular complexity index is 1130. The molecule has 158 valence electrons. The number of halogens is 1. The van der Waals surface area contributed by atoms with Crippen LogP contribution in [0.2, 0.25) is 0 Å². The molecule has 2 heterocycles. The van der Waals surface area contributed by atoms with E-state index in [0.717, 1.165) is 40.3 Å². The summed E-state index contributed by atoms with van der Waals surface area (Å²) in [6, 6.07) is 19.7. The molecule has 0 saturated carbocycles. The van der Waals surface area contributed by atoms with Crippen LogP contribution in [0.5, 0.6) is 0 Å². The Kier molecular flexibility index (Phi) is 6.63. The Morgan fingerprint density at radius 2 is 1.74 bits per heavy atom. The van der Waals surface area contributed by atoms with E-state index in [1.807, 2.05) is 48.5 Å². The SMILES string of the molecule is CCN(CC)c1ccc(N=C2NC(=O)/C(=C\c3ccc(-c4ccc(Br)cc4)o3)S2)cc1. The average Bonchev–Trinajstić information content (AvgIpc) is 3.37. The van der Waals surface area contributed by atoms with Crippen LogP contribution in [0.15, 0.2) is 79.5 Å². The second kappa shape index (κ2) is 9.58. The lowest BCUT2D eigenvalue weighted by molar-refractivity contribution is -0.115. The van der Waals surface area contributed by atoms with Crippen LogP contribution >= 0.6 is 27.7 Å². The number of nitrogens with one attached hydrogen (secondary N) is 1. The minimum atomic E-state index is -0.176. The van der Waals surface area contributed by atoms with Crippen LogP contribution in [0.3, 0.4) is 0 Å². The lowest BCUT2D eigenvalue weighted by Gasteiger charge is -2.20. The maximum Gasteiger partial charge on any atom is 0.264 e. The standard InChI is InChI=1S/C24H22BrN3O2S/c1-3-28(4-2)19-11-9-18(10-12-19)26-24-27-23(29)22(31-24)15-20-13-14-21(30-20)16-5-7-17(25)8-6-16/h5-15H,3-4H2,1-2H3,(H,26,27,29)/b22-15+. The van der Waals surface area contributed by atoms with Gasteiger partial charge < -0.3 is 14.6 Å². The van der Waals surface area contributed by atoms with Gasteiger partial charge in [-0.05, 0) is 74.1 Å². The van der Waals surface area contributed by atoms with Crippen molar-refractivity contribution >= 4 is 56.2 Å². The van der Waals surface area contributed by atoms with Gasteiger partial charge in [-0.3, -0.25) is 4.79 Å². The van der Waals surface area contributed by atoms with Gasteiger partial charge in [0.15, 0.2) is 5.17 Å². The van der Waals surface area contributed by atoms with Gasteiger partial charge in [0, 0.05) is 34.9 Å². The Balaban J connectivity index is 1.48. The zero-order chi connectivity index (χ0) is 21.8. The van der Waals surface area contributed by atoms with Crippen LogP contribution in [-0.2, 0) is 4.79 Å². The number of thioether (sulfide) groups is 1. The Morgan fingerprint density at radius 1 is 1.03 bits per heavy atom. The fourth-order valence-corrected chi connectivity index (χ4v) is 4.34. The van der Waals surface area contributed by atoms with Crippen LogP contribution in [0.25, 0.3) is 17.4 Å². The van der Waals surface area contributed by atoms with E-state index in [-0.39, 0.29) is 5.91 Å². The average molecular weight is 496 g/mol. The monoisotopic (exact) mass is 495 g/mol. The first-order chi connectivity index (χ1) is 15.1. The fraction of sp³-hybridized carbons (Fsp3) is 0.167. The summed E-state index contributed by atoms with van der Waals surface area (Å²) in [6.07, 6.45) is 1.74. The molecule has 1 saturated heterocycles. The van der Waals surface area contributed by atoms with E-state index in [4.69, 9.17) is 4.42 Å². The Hall–Kier alpha value is -2.77. The van der Waals surface area contributed by atoms with E-state index in [2.05, 4.69) is 57.1 Å². The summed E-state index contributed by atoms with van der Waals surface area (Å²) < 4.78 is 6.91. The summed E-state index contributed by atoms with van der Waals surface area (Å²) in [5.74, 6) is 1.20. The van der Waals surface area contributed by atoms with Crippen molar-refractivity contribution in [1.29, 1.82) is 0 Å². The highest BCUT2D eigenvalue weighted by molar-refractivity contribution is 9.10. The molecule has 7 heteroatoms. The molecule has 1 fully saturated rings. The number of nitrogens with zero attached hydrogens (tertiary/aromatic N) is 2. The highest BCUT2D eigenvalue weighted by atomic mass is 79.9. The molecule has 0 radical (unpaired) electrons. The summed E-state index contributed by atoms with van der Waals surface area (Å²) in [6.45, 7) is 6.19. The van der Waals surface area contributed by atoms with Crippen LogP contribution < -0.4 is 10.2 Å². The Morgan fingerprint density at radius 3 is 2.42 bits per heavy atom.